The van der Waals surface area contributed by atoms with E-state index in [9.17, 15) is 13.2 Å². The van der Waals surface area contributed by atoms with Gasteiger partial charge in [0.2, 0.25) is 0 Å². The molecule has 0 heterocycles. The van der Waals surface area contributed by atoms with Gasteiger partial charge >= 0.3 is 6.18 Å². The number of rotatable bonds is 5. The lowest BCUT2D eigenvalue weighted by atomic mass is 10.1. The second-order valence-corrected chi connectivity index (χ2v) is 4.55. The Balaban J connectivity index is 2.41. The topological polar surface area (TPSA) is 12.0 Å². The van der Waals surface area contributed by atoms with Crippen molar-refractivity contribution < 1.29 is 13.2 Å². The number of benzene rings is 1. The van der Waals surface area contributed by atoms with Gasteiger partial charge in [-0.05, 0) is 36.6 Å². The van der Waals surface area contributed by atoms with Gasteiger partial charge in [0, 0.05) is 6.54 Å². The molecule has 0 saturated heterocycles. The van der Waals surface area contributed by atoms with Crippen LogP contribution in [0.4, 0.5) is 13.2 Å². The van der Waals surface area contributed by atoms with E-state index >= 15 is 0 Å². The van der Waals surface area contributed by atoms with Crippen LogP contribution in [-0.2, 0) is 12.7 Å². The smallest absolute Gasteiger partial charge is 0.313 e. The molecular weight excluding hydrogens is 227 g/mol. The molecule has 0 saturated carbocycles. The fourth-order valence-electron chi connectivity index (χ4n) is 1.44. The first kappa shape index (κ1) is 14.0. The molecule has 1 nitrogen and oxygen atoms in total. The zero-order valence-corrected chi connectivity index (χ0v) is 10.1. The third kappa shape index (κ3) is 5.22. The fourth-order valence-corrected chi connectivity index (χ4v) is 1.44. The Bertz CT molecular complexity index is 328. The standard InChI is InChI=1S/C13H18F3N/c1-10(2)7-8-17-9-11-3-5-12(6-4-11)13(14,15)16/h3-6,10,17H,7-9H2,1-2H3. The Hall–Kier alpha value is -1.03. The zero-order valence-electron chi connectivity index (χ0n) is 10.1. The molecule has 0 aliphatic carbocycles. The highest BCUT2D eigenvalue weighted by atomic mass is 19.4. The van der Waals surface area contributed by atoms with Gasteiger partial charge < -0.3 is 5.32 Å². The quantitative estimate of drug-likeness (QED) is 0.777. The molecular formula is C13H18F3N. The van der Waals surface area contributed by atoms with Gasteiger partial charge in [0.05, 0.1) is 5.56 Å². The second kappa shape index (κ2) is 6.05. The Labute approximate surface area is 100 Å². The average molecular weight is 245 g/mol. The van der Waals surface area contributed by atoms with Gasteiger partial charge in [-0.1, -0.05) is 26.0 Å². The molecule has 0 bridgehead atoms. The lowest BCUT2D eigenvalue weighted by Gasteiger charge is -2.09. The van der Waals surface area contributed by atoms with Crippen molar-refractivity contribution in [3.63, 3.8) is 0 Å². The fraction of sp³-hybridized carbons (Fsp3) is 0.538. The van der Waals surface area contributed by atoms with Crippen LogP contribution in [-0.4, -0.2) is 6.54 Å². The van der Waals surface area contributed by atoms with Crippen molar-refractivity contribution in [1.29, 1.82) is 0 Å². The molecule has 1 aromatic rings. The summed E-state index contributed by atoms with van der Waals surface area (Å²) in [7, 11) is 0. The van der Waals surface area contributed by atoms with E-state index in [0.717, 1.165) is 30.7 Å². The molecule has 17 heavy (non-hydrogen) atoms. The SMILES string of the molecule is CC(C)CCNCc1ccc(C(F)(F)F)cc1. The molecule has 0 fully saturated rings. The van der Waals surface area contributed by atoms with Crippen LogP contribution < -0.4 is 5.32 Å². The van der Waals surface area contributed by atoms with Crippen molar-refractivity contribution in [2.45, 2.75) is 33.0 Å². The minimum Gasteiger partial charge on any atom is -0.313 e. The van der Waals surface area contributed by atoms with Gasteiger partial charge in [0.1, 0.15) is 0 Å². The van der Waals surface area contributed by atoms with Crippen LogP contribution in [0.15, 0.2) is 24.3 Å². The maximum Gasteiger partial charge on any atom is 0.416 e. The van der Waals surface area contributed by atoms with Crippen molar-refractivity contribution in [2.75, 3.05) is 6.54 Å². The van der Waals surface area contributed by atoms with Crippen LogP contribution in [0, 0.1) is 5.92 Å². The molecule has 0 atom stereocenters. The molecule has 0 aromatic heterocycles. The van der Waals surface area contributed by atoms with E-state index in [2.05, 4.69) is 19.2 Å². The summed E-state index contributed by atoms with van der Waals surface area (Å²) in [6, 6.07) is 5.29. The first-order valence-electron chi connectivity index (χ1n) is 5.76. The molecule has 0 radical (unpaired) electrons. The van der Waals surface area contributed by atoms with Gasteiger partial charge in [-0.15, -0.1) is 0 Å². The van der Waals surface area contributed by atoms with Gasteiger partial charge in [0.15, 0.2) is 0 Å². The van der Waals surface area contributed by atoms with E-state index in [4.69, 9.17) is 0 Å². The summed E-state index contributed by atoms with van der Waals surface area (Å²) < 4.78 is 36.9. The average Bonchev–Trinajstić information content (AvgIpc) is 2.23. The van der Waals surface area contributed by atoms with Crippen LogP contribution in [0.3, 0.4) is 0 Å². The molecule has 0 spiro atoms. The first-order valence-corrected chi connectivity index (χ1v) is 5.76. The largest absolute Gasteiger partial charge is 0.416 e. The minimum absolute atomic E-state index is 0.594. The molecule has 0 aliphatic heterocycles. The van der Waals surface area contributed by atoms with Crippen LogP contribution in [0.1, 0.15) is 31.4 Å². The van der Waals surface area contributed by atoms with E-state index in [1.54, 1.807) is 0 Å². The number of alkyl halides is 3. The molecule has 1 aromatic carbocycles. The lowest BCUT2D eigenvalue weighted by Crippen LogP contribution is -2.16. The summed E-state index contributed by atoms with van der Waals surface area (Å²) >= 11 is 0. The molecule has 1 N–H and O–H groups in total. The molecule has 4 heteroatoms. The summed E-state index contributed by atoms with van der Waals surface area (Å²) in [5.41, 5.74) is 0.283. The second-order valence-electron chi connectivity index (χ2n) is 4.55. The third-order valence-electron chi connectivity index (χ3n) is 2.51. The van der Waals surface area contributed by atoms with Crippen molar-refractivity contribution in [3.05, 3.63) is 35.4 Å². The van der Waals surface area contributed by atoms with Crippen molar-refractivity contribution >= 4 is 0 Å². The Morgan fingerprint density at radius 3 is 2.18 bits per heavy atom. The Morgan fingerprint density at radius 2 is 1.71 bits per heavy atom. The molecule has 0 aliphatic rings. The minimum atomic E-state index is -4.25. The lowest BCUT2D eigenvalue weighted by molar-refractivity contribution is -0.137. The van der Waals surface area contributed by atoms with E-state index in [-0.39, 0.29) is 0 Å². The Morgan fingerprint density at radius 1 is 1.12 bits per heavy atom. The summed E-state index contributed by atoms with van der Waals surface area (Å²) in [5, 5.41) is 3.21. The molecule has 96 valence electrons. The highest BCUT2D eigenvalue weighted by molar-refractivity contribution is 5.24. The first-order chi connectivity index (χ1) is 7.89. The number of halogens is 3. The molecule has 0 amide bonds. The van der Waals surface area contributed by atoms with E-state index in [0.29, 0.717) is 12.5 Å². The van der Waals surface area contributed by atoms with Crippen molar-refractivity contribution in [3.8, 4) is 0 Å². The van der Waals surface area contributed by atoms with E-state index in [1.807, 2.05) is 0 Å². The molecule has 1 rings (SSSR count). The van der Waals surface area contributed by atoms with Crippen LogP contribution in [0.2, 0.25) is 0 Å². The van der Waals surface area contributed by atoms with Crippen molar-refractivity contribution in [1.82, 2.24) is 5.32 Å². The third-order valence-corrected chi connectivity index (χ3v) is 2.51. The predicted octanol–water partition coefficient (Wildman–Crippen LogP) is 3.84. The highest BCUT2D eigenvalue weighted by Crippen LogP contribution is 2.28. The normalized spacial score (nSPS) is 12.1. The monoisotopic (exact) mass is 245 g/mol. The summed E-state index contributed by atoms with van der Waals surface area (Å²) in [4.78, 5) is 0. The summed E-state index contributed by atoms with van der Waals surface area (Å²) in [6.45, 7) is 5.78. The van der Waals surface area contributed by atoms with Crippen LogP contribution >= 0.6 is 0 Å². The highest BCUT2D eigenvalue weighted by Gasteiger charge is 2.29. The van der Waals surface area contributed by atoms with Gasteiger partial charge in [-0.2, -0.15) is 13.2 Å². The number of nitrogens with one attached hydrogen (secondary N) is 1. The maximum absolute atomic E-state index is 12.3. The van der Waals surface area contributed by atoms with Crippen molar-refractivity contribution in [2.24, 2.45) is 5.92 Å². The van der Waals surface area contributed by atoms with Crippen LogP contribution in [0.5, 0.6) is 0 Å². The van der Waals surface area contributed by atoms with E-state index in [1.165, 1.54) is 12.1 Å². The number of hydrogen-bond acceptors (Lipinski definition) is 1. The zero-order chi connectivity index (χ0) is 12.9. The van der Waals surface area contributed by atoms with Gasteiger partial charge in [-0.25, -0.2) is 0 Å². The summed E-state index contributed by atoms with van der Waals surface area (Å²) in [5.74, 6) is 0.634. The maximum atomic E-state index is 12.3. The Kier molecular flexibility index (Phi) is 5.00. The predicted molar refractivity (Wildman–Crippen MR) is 62.6 cm³/mol. The molecule has 0 unspecified atom stereocenters. The van der Waals surface area contributed by atoms with Gasteiger partial charge in [0.25, 0.3) is 0 Å². The number of hydrogen-bond donors (Lipinski definition) is 1. The van der Waals surface area contributed by atoms with Gasteiger partial charge in [-0.3, -0.25) is 0 Å². The van der Waals surface area contributed by atoms with E-state index < -0.39 is 11.7 Å². The van der Waals surface area contributed by atoms with Crippen LogP contribution in [0.25, 0.3) is 0 Å². The summed E-state index contributed by atoms with van der Waals surface area (Å²) in [6.07, 6.45) is -3.18.